The van der Waals surface area contributed by atoms with Gasteiger partial charge in [0.15, 0.2) is 0 Å². The topological polar surface area (TPSA) is 105 Å². The van der Waals surface area contributed by atoms with E-state index in [0.29, 0.717) is 17.4 Å². The van der Waals surface area contributed by atoms with E-state index in [0.717, 1.165) is 57.8 Å². The lowest BCUT2D eigenvalue weighted by Crippen LogP contribution is -2.45. The summed E-state index contributed by atoms with van der Waals surface area (Å²) in [5.74, 6) is -0.187. The molecule has 0 aliphatic carbocycles. The van der Waals surface area contributed by atoms with Crippen molar-refractivity contribution in [3.05, 3.63) is 48.6 Å². The number of hydrogen-bond donors (Lipinski definition) is 3. The van der Waals surface area contributed by atoms with Gasteiger partial charge in [-0.3, -0.25) is 13.8 Å². The fourth-order valence-electron chi connectivity index (χ4n) is 6.34. The van der Waals surface area contributed by atoms with Crippen LogP contribution in [-0.2, 0) is 18.4 Å². The number of allylic oxidation sites excluding steroid dienone is 7. The lowest BCUT2D eigenvalue weighted by atomic mass is 10.0. The highest BCUT2D eigenvalue weighted by molar-refractivity contribution is 7.47. The van der Waals surface area contributed by atoms with Crippen molar-refractivity contribution in [2.24, 2.45) is 0 Å². The molecule has 9 heteroatoms. The van der Waals surface area contributed by atoms with Gasteiger partial charge in [0.2, 0.25) is 5.91 Å². The van der Waals surface area contributed by atoms with Gasteiger partial charge < -0.3 is 19.8 Å². The van der Waals surface area contributed by atoms with E-state index >= 15 is 0 Å². The van der Waals surface area contributed by atoms with Crippen LogP contribution in [-0.4, -0.2) is 73.4 Å². The molecule has 0 saturated heterocycles. The zero-order chi connectivity index (χ0) is 41.4. The number of unbranched alkanes of at least 4 members (excludes halogenated alkanes) is 22. The summed E-state index contributed by atoms with van der Waals surface area (Å²) in [6.07, 6.45) is 49.6. The Morgan fingerprint density at radius 3 is 1.52 bits per heavy atom. The van der Waals surface area contributed by atoms with E-state index in [4.69, 9.17) is 9.05 Å². The summed E-state index contributed by atoms with van der Waals surface area (Å²) < 4.78 is 23.3. The normalized spacial score (nSPS) is 14.8. The smallest absolute Gasteiger partial charge is 0.387 e. The van der Waals surface area contributed by atoms with Crippen LogP contribution in [0.5, 0.6) is 0 Å². The molecule has 0 aliphatic rings. The molecule has 56 heavy (non-hydrogen) atoms. The highest BCUT2D eigenvalue weighted by Crippen LogP contribution is 2.43. The molecule has 0 radical (unpaired) electrons. The van der Waals surface area contributed by atoms with Gasteiger partial charge >= 0.3 is 7.82 Å². The molecule has 0 fully saturated rings. The number of aliphatic hydroxyl groups excluding tert-OH is 1. The van der Waals surface area contributed by atoms with E-state index in [1.165, 1.54) is 116 Å². The van der Waals surface area contributed by atoms with Crippen LogP contribution < -0.4 is 5.32 Å². The van der Waals surface area contributed by atoms with Gasteiger partial charge in [-0.25, -0.2) is 4.57 Å². The van der Waals surface area contributed by atoms with Crippen LogP contribution in [0.15, 0.2) is 48.6 Å². The minimum atomic E-state index is -4.32. The summed E-state index contributed by atoms with van der Waals surface area (Å²) in [5, 5.41) is 13.6. The molecular weight excluding hydrogens is 719 g/mol. The fourth-order valence-corrected chi connectivity index (χ4v) is 7.08. The summed E-state index contributed by atoms with van der Waals surface area (Å²) in [4.78, 5) is 22.9. The number of carbonyl (C=O) groups excluding carboxylic acids is 1. The number of nitrogens with one attached hydrogen (secondary N) is 1. The number of nitrogens with zero attached hydrogens (tertiary/aromatic N) is 1. The van der Waals surface area contributed by atoms with Crippen molar-refractivity contribution < 1.29 is 32.9 Å². The van der Waals surface area contributed by atoms with Crippen LogP contribution in [0.2, 0.25) is 0 Å². The third-order valence-corrected chi connectivity index (χ3v) is 11.0. The number of phosphoric ester groups is 1. The standard InChI is InChI=1S/C47H89N2O6P/c1-6-8-10-12-13-14-15-16-17-18-19-20-21-22-23-24-25-26-27-28-29-30-31-32-33-34-35-37-39-41-47(51)48-45(46(50)40-38-36-11-9-7-2)44-55-56(52,53)54-43-42-49(3,4)5/h15-16,18-19,21-22,38,40,45-46,50H,6-14,17,20,23-37,39,41-44H2,1-5H3,(H-,48,51,52,53)/p+1/b16-15-,19-18-,22-21-,40-38+. The lowest BCUT2D eigenvalue weighted by Gasteiger charge is -2.25. The molecule has 0 spiro atoms. The van der Waals surface area contributed by atoms with Crippen molar-refractivity contribution in [3.8, 4) is 0 Å². The van der Waals surface area contributed by atoms with Crippen LogP contribution in [0.1, 0.15) is 194 Å². The molecule has 0 rings (SSSR count). The van der Waals surface area contributed by atoms with Gasteiger partial charge in [0.05, 0.1) is 39.9 Å². The Labute approximate surface area is 346 Å². The summed E-state index contributed by atoms with van der Waals surface area (Å²) in [7, 11) is 1.56. The molecule has 0 saturated carbocycles. The number of hydrogen-bond acceptors (Lipinski definition) is 5. The van der Waals surface area contributed by atoms with Crippen molar-refractivity contribution in [1.82, 2.24) is 5.32 Å². The Kier molecular flexibility index (Phi) is 37.9. The van der Waals surface area contributed by atoms with E-state index in [1.54, 1.807) is 6.08 Å². The van der Waals surface area contributed by atoms with Crippen LogP contribution in [0, 0.1) is 0 Å². The van der Waals surface area contributed by atoms with Crippen molar-refractivity contribution in [1.29, 1.82) is 0 Å². The van der Waals surface area contributed by atoms with E-state index in [9.17, 15) is 19.4 Å². The average molecular weight is 810 g/mol. The molecule has 3 atom stereocenters. The second-order valence-electron chi connectivity index (χ2n) is 16.8. The Morgan fingerprint density at radius 1 is 0.607 bits per heavy atom. The van der Waals surface area contributed by atoms with Crippen molar-refractivity contribution in [2.45, 2.75) is 206 Å². The summed E-state index contributed by atoms with van der Waals surface area (Å²) in [5.41, 5.74) is 0. The van der Waals surface area contributed by atoms with E-state index in [-0.39, 0.29) is 19.1 Å². The zero-order valence-electron chi connectivity index (χ0n) is 37.1. The third kappa shape index (κ3) is 40.6. The van der Waals surface area contributed by atoms with Gasteiger partial charge in [0.1, 0.15) is 13.2 Å². The number of quaternary nitrogens is 1. The largest absolute Gasteiger partial charge is 0.472 e. The Balaban J connectivity index is 3.93. The third-order valence-electron chi connectivity index (χ3n) is 10.0. The van der Waals surface area contributed by atoms with Gasteiger partial charge in [0, 0.05) is 6.42 Å². The van der Waals surface area contributed by atoms with Gasteiger partial charge in [-0.1, -0.05) is 178 Å². The Bertz CT molecular complexity index is 1050. The first-order valence-electron chi connectivity index (χ1n) is 23.0. The molecule has 0 heterocycles. The Morgan fingerprint density at radius 2 is 1.02 bits per heavy atom. The van der Waals surface area contributed by atoms with Crippen LogP contribution in [0.25, 0.3) is 0 Å². The molecule has 0 aromatic carbocycles. The van der Waals surface area contributed by atoms with Gasteiger partial charge in [0.25, 0.3) is 0 Å². The second-order valence-corrected chi connectivity index (χ2v) is 18.2. The van der Waals surface area contributed by atoms with E-state index in [2.05, 4.69) is 55.6 Å². The van der Waals surface area contributed by atoms with Crippen LogP contribution in [0.3, 0.4) is 0 Å². The molecule has 0 aliphatic heterocycles. The minimum absolute atomic E-state index is 0.0596. The predicted molar refractivity (Wildman–Crippen MR) is 240 cm³/mol. The SMILES string of the molecule is CCCCC/C=C/C(O)C(COP(=O)(O)OCC[N+](C)(C)C)NC(=O)CCCCCCCCCCCCCCCC/C=C\C/C=C\C/C=C\CCCCCCC. The highest BCUT2D eigenvalue weighted by atomic mass is 31.2. The van der Waals surface area contributed by atoms with Crippen molar-refractivity contribution >= 4 is 13.7 Å². The maximum absolute atomic E-state index is 12.8. The lowest BCUT2D eigenvalue weighted by molar-refractivity contribution is -0.870. The van der Waals surface area contributed by atoms with Gasteiger partial charge in [-0.15, -0.1) is 0 Å². The molecular formula is C47H90N2O6P+. The van der Waals surface area contributed by atoms with Gasteiger partial charge in [-0.2, -0.15) is 0 Å². The first-order chi connectivity index (χ1) is 27.0. The molecule has 0 bridgehead atoms. The number of likely N-dealkylation sites (N-methyl/N-ethyl adjacent to an activating group) is 1. The summed E-state index contributed by atoms with van der Waals surface area (Å²) >= 11 is 0. The Hall–Kier alpha value is -1.54. The number of aliphatic hydroxyl groups is 1. The van der Waals surface area contributed by atoms with Crippen LogP contribution in [0.4, 0.5) is 0 Å². The van der Waals surface area contributed by atoms with Crippen molar-refractivity contribution in [2.75, 3.05) is 40.9 Å². The quantitative estimate of drug-likeness (QED) is 0.0246. The van der Waals surface area contributed by atoms with Crippen LogP contribution >= 0.6 is 7.82 Å². The average Bonchev–Trinajstić information content (AvgIpc) is 3.15. The minimum Gasteiger partial charge on any atom is -0.387 e. The van der Waals surface area contributed by atoms with E-state index < -0.39 is 20.0 Å². The molecule has 0 aromatic heterocycles. The molecule has 328 valence electrons. The maximum atomic E-state index is 12.8. The maximum Gasteiger partial charge on any atom is 0.472 e. The van der Waals surface area contributed by atoms with Gasteiger partial charge in [-0.05, 0) is 57.8 Å². The fraction of sp³-hybridized carbons (Fsp3) is 0.809. The number of rotatable bonds is 41. The molecule has 3 N–H and O–H groups in total. The monoisotopic (exact) mass is 810 g/mol. The predicted octanol–water partition coefficient (Wildman–Crippen LogP) is 12.9. The first kappa shape index (κ1) is 54.5. The molecule has 8 nitrogen and oxygen atoms in total. The first-order valence-corrected chi connectivity index (χ1v) is 24.5. The summed E-state index contributed by atoms with van der Waals surface area (Å²) in [6, 6.07) is -0.843. The summed E-state index contributed by atoms with van der Waals surface area (Å²) in [6.45, 7) is 4.68. The number of phosphoric acid groups is 1. The number of amides is 1. The molecule has 0 aromatic rings. The number of carbonyl (C=O) groups is 1. The van der Waals surface area contributed by atoms with E-state index in [1.807, 2.05) is 27.2 Å². The highest BCUT2D eigenvalue weighted by Gasteiger charge is 2.27. The van der Waals surface area contributed by atoms with Crippen molar-refractivity contribution in [3.63, 3.8) is 0 Å². The zero-order valence-corrected chi connectivity index (χ0v) is 38.0. The molecule has 3 unspecified atom stereocenters. The second kappa shape index (κ2) is 38.9. The molecule has 1 amide bonds.